The molecule has 1 rings (SSSR count). The largest absolute Gasteiger partial charge is 0.330 e. The predicted molar refractivity (Wildman–Crippen MR) is 70.4 cm³/mol. The number of hydrogen-bond donors (Lipinski definition) is 1. The van der Waals surface area contributed by atoms with Crippen molar-refractivity contribution in [1.29, 1.82) is 0 Å². The molecule has 0 spiro atoms. The van der Waals surface area contributed by atoms with E-state index in [4.69, 9.17) is 5.73 Å². The van der Waals surface area contributed by atoms with E-state index in [0.717, 1.165) is 18.5 Å². The first-order valence-electron chi connectivity index (χ1n) is 6.26. The minimum absolute atomic E-state index is 0.763. The lowest BCUT2D eigenvalue weighted by Crippen LogP contribution is -2.40. The summed E-state index contributed by atoms with van der Waals surface area (Å²) in [6, 6.07) is 0.779. The standard InChI is InChI=1S/C12H26N2S/c1-3-14(8-5-9-15-2)12-7-4-6-11(12)10-13/h11-12H,3-10,13H2,1-2H3. The summed E-state index contributed by atoms with van der Waals surface area (Å²) in [6.45, 7) is 5.61. The van der Waals surface area contributed by atoms with Gasteiger partial charge in [0.05, 0.1) is 0 Å². The van der Waals surface area contributed by atoms with Gasteiger partial charge in [0.1, 0.15) is 0 Å². The Balaban J connectivity index is 2.35. The normalized spacial score (nSPS) is 26.4. The van der Waals surface area contributed by atoms with Crippen LogP contribution in [0.25, 0.3) is 0 Å². The third-order valence-electron chi connectivity index (χ3n) is 3.59. The Morgan fingerprint density at radius 1 is 1.40 bits per heavy atom. The first-order valence-corrected chi connectivity index (χ1v) is 7.65. The highest BCUT2D eigenvalue weighted by Gasteiger charge is 2.29. The number of thioether (sulfide) groups is 1. The van der Waals surface area contributed by atoms with Gasteiger partial charge in [-0.15, -0.1) is 0 Å². The van der Waals surface area contributed by atoms with Crippen molar-refractivity contribution in [3.63, 3.8) is 0 Å². The molecule has 2 N–H and O–H groups in total. The molecular formula is C12H26N2S. The van der Waals surface area contributed by atoms with Crippen molar-refractivity contribution >= 4 is 11.8 Å². The van der Waals surface area contributed by atoms with Crippen LogP contribution >= 0.6 is 11.8 Å². The van der Waals surface area contributed by atoms with Crippen molar-refractivity contribution in [2.45, 2.75) is 38.6 Å². The van der Waals surface area contributed by atoms with Gasteiger partial charge in [0.25, 0.3) is 0 Å². The molecule has 0 heterocycles. The van der Waals surface area contributed by atoms with Crippen molar-refractivity contribution < 1.29 is 0 Å². The van der Waals surface area contributed by atoms with E-state index in [1.807, 2.05) is 11.8 Å². The van der Waals surface area contributed by atoms with E-state index in [-0.39, 0.29) is 0 Å². The lowest BCUT2D eigenvalue weighted by atomic mass is 10.0. The molecule has 0 aromatic rings. The molecule has 2 nitrogen and oxygen atoms in total. The Morgan fingerprint density at radius 3 is 2.80 bits per heavy atom. The highest BCUT2D eigenvalue weighted by molar-refractivity contribution is 7.98. The van der Waals surface area contributed by atoms with Crippen molar-refractivity contribution in [2.75, 3.05) is 31.6 Å². The van der Waals surface area contributed by atoms with Crippen LogP contribution < -0.4 is 5.73 Å². The van der Waals surface area contributed by atoms with Gasteiger partial charge < -0.3 is 10.6 Å². The quantitative estimate of drug-likeness (QED) is 0.680. The van der Waals surface area contributed by atoms with Crippen molar-refractivity contribution in [2.24, 2.45) is 11.7 Å². The maximum absolute atomic E-state index is 5.84. The van der Waals surface area contributed by atoms with Gasteiger partial charge in [-0.2, -0.15) is 11.8 Å². The summed E-state index contributed by atoms with van der Waals surface area (Å²) in [5.74, 6) is 2.05. The lowest BCUT2D eigenvalue weighted by Gasteiger charge is -2.31. The van der Waals surface area contributed by atoms with Gasteiger partial charge >= 0.3 is 0 Å². The van der Waals surface area contributed by atoms with Crippen LogP contribution in [0.1, 0.15) is 32.6 Å². The number of hydrogen-bond acceptors (Lipinski definition) is 3. The van der Waals surface area contributed by atoms with Crippen LogP contribution in [0, 0.1) is 5.92 Å². The maximum atomic E-state index is 5.84. The monoisotopic (exact) mass is 230 g/mol. The fourth-order valence-corrected chi connectivity index (χ4v) is 3.16. The maximum Gasteiger partial charge on any atom is 0.0135 e. The van der Waals surface area contributed by atoms with Crippen molar-refractivity contribution in [1.82, 2.24) is 4.90 Å². The molecule has 0 radical (unpaired) electrons. The first-order chi connectivity index (χ1) is 7.33. The van der Waals surface area contributed by atoms with Crippen LogP contribution in [0.15, 0.2) is 0 Å². The number of nitrogens with zero attached hydrogens (tertiary/aromatic N) is 1. The molecule has 3 heteroatoms. The molecule has 2 unspecified atom stereocenters. The highest BCUT2D eigenvalue weighted by atomic mass is 32.2. The number of nitrogens with two attached hydrogens (primary N) is 1. The zero-order valence-electron chi connectivity index (χ0n) is 10.2. The second-order valence-corrected chi connectivity index (χ2v) is 5.45. The van der Waals surface area contributed by atoms with Crippen LogP contribution in [0.3, 0.4) is 0 Å². The van der Waals surface area contributed by atoms with Gasteiger partial charge in [-0.3, -0.25) is 0 Å². The Kier molecular flexibility index (Phi) is 6.69. The third-order valence-corrected chi connectivity index (χ3v) is 4.29. The van der Waals surface area contributed by atoms with Crippen LogP contribution in [-0.2, 0) is 0 Å². The summed E-state index contributed by atoms with van der Waals surface area (Å²) in [4.78, 5) is 2.65. The summed E-state index contributed by atoms with van der Waals surface area (Å²) in [5, 5.41) is 0. The van der Waals surface area contributed by atoms with E-state index < -0.39 is 0 Å². The van der Waals surface area contributed by atoms with Crippen molar-refractivity contribution in [3.05, 3.63) is 0 Å². The minimum atomic E-state index is 0.763. The average molecular weight is 230 g/mol. The smallest absolute Gasteiger partial charge is 0.0135 e. The Hall–Kier alpha value is 0.270. The lowest BCUT2D eigenvalue weighted by molar-refractivity contribution is 0.171. The average Bonchev–Trinajstić information content (AvgIpc) is 2.72. The Morgan fingerprint density at radius 2 is 2.20 bits per heavy atom. The fourth-order valence-electron chi connectivity index (χ4n) is 2.74. The van der Waals surface area contributed by atoms with Crippen LogP contribution in [0.2, 0.25) is 0 Å². The Labute approximate surface area is 99.0 Å². The molecule has 90 valence electrons. The van der Waals surface area contributed by atoms with E-state index in [1.165, 1.54) is 44.5 Å². The SMILES string of the molecule is CCN(CCCSC)C1CCCC1CN. The second kappa shape index (κ2) is 7.53. The summed E-state index contributed by atoms with van der Waals surface area (Å²) >= 11 is 1.95. The van der Waals surface area contributed by atoms with Gasteiger partial charge in [0.2, 0.25) is 0 Å². The predicted octanol–water partition coefficient (Wildman–Crippen LogP) is 2.19. The third kappa shape index (κ3) is 3.97. The summed E-state index contributed by atoms with van der Waals surface area (Å²) in [5.41, 5.74) is 5.84. The molecule has 1 fully saturated rings. The van der Waals surface area contributed by atoms with Crippen LogP contribution in [-0.4, -0.2) is 42.6 Å². The molecule has 0 aromatic carbocycles. The topological polar surface area (TPSA) is 29.3 Å². The van der Waals surface area contributed by atoms with Crippen molar-refractivity contribution in [3.8, 4) is 0 Å². The molecule has 1 saturated carbocycles. The Bertz CT molecular complexity index is 164. The van der Waals surface area contributed by atoms with Gasteiger partial charge in [-0.1, -0.05) is 13.3 Å². The van der Waals surface area contributed by atoms with Gasteiger partial charge in [-0.25, -0.2) is 0 Å². The van der Waals surface area contributed by atoms with Crippen LogP contribution in [0.4, 0.5) is 0 Å². The molecule has 0 aliphatic heterocycles. The van der Waals surface area contributed by atoms with Gasteiger partial charge in [0, 0.05) is 6.04 Å². The molecular weight excluding hydrogens is 204 g/mol. The molecule has 1 aliphatic rings. The van der Waals surface area contributed by atoms with E-state index >= 15 is 0 Å². The molecule has 0 aromatic heterocycles. The summed E-state index contributed by atoms with van der Waals surface area (Å²) in [6.07, 6.45) is 7.61. The molecule has 1 aliphatic carbocycles. The molecule has 0 bridgehead atoms. The highest BCUT2D eigenvalue weighted by Crippen LogP contribution is 2.29. The molecule has 0 saturated heterocycles. The van der Waals surface area contributed by atoms with Gasteiger partial charge in [0.15, 0.2) is 0 Å². The second-order valence-electron chi connectivity index (χ2n) is 4.47. The zero-order chi connectivity index (χ0) is 11.1. The minimum Gasteiger partial charge on any atom is -0.330 e. The van der Waals surface area contributed by atoms with E-state index in [1.54, 1.807) is 0 Å². The first kappa shape index (κ1) is 13.3. The number of rotatable bonds is 7. The fraction of sp³-hybridized carbons (Fsp3) is 1.00. The van der Waals surface area contributed by atoms with Gasteiger partial charge in [-0.05, 0) is 56.8 Å². The van der Waals surface area contributed by atoms with E-state index in [2.05, 4.69) is 18.1 Å². The molecule has 2 atom stereocenters. The summed E-state index contributed by atoms with van der Waals surface area (Å²) < 4.78 is 0. The van der Waals surface area contributed by atoms with E-state index in [0.29, 0.717) is 0 Å². The summed E-state index contributed by atoms with van der Waals surface area (Å²) in [7, 11) is 0. The zero-order valence-corrected chi connectivity index (χ0v) is 11.1. The molecule has 15 heavy (non-hydrogen) atoms. The van der Waals surface area contributed by atoms with E-state index in [9.17, 15) is 0 Å². The molecule has 0 amide bonds. The van der Waals surface area contributed by atoms with Crippen LogP contribution in [0.5, 0.6) is 0 Å².